The van der Waals surface area contributed by atoms with E-state index in [1.165, 1.54) is 23.5 Å². The number of halogens is 1. The van der Waals surface area contributed by atoms with E-state index in [0.717, 1.165) is 10.2 Å². The smallest absolute Gasteiger partial charge is 0.280 e. The molecule has 0 aliphatic carbocycles. The molecule has 0 fully saturated rings. The summed E-state index contributed by atoms with van der Waals surface area (Å²) in [6, 6.07) is 12.3. The Bertz CT molecular complexity index is 959. The van der Waals surface area contributed by atoms with Gasteiger partial charge in [0.05, 0.1) is 16.8 Å². The van der Waals surface area contributed by atoms with Crippen LogP contribution in [-0.4, -0.2) is 24.2 Å². The van der Waals surface area contributed by atoms with Gasteiger partial charge in [0.2, 0.25) is 0 Å². The van der Waals surface area contributed by atoms with Gasteiger partial charge in [-0.25, -0.2) is 4.39 Å². The normalized spacial score (nSPS) is 12.0. The lowest BCUT2D eigenvalue weighted by Crippen LogP contribution is -2.19. The highest BCUT2D eigenvalue weighted by atomic mass is 32.1. The molecular formula is C18H17FN2O2S. The minimum Gasteiger partial charge on any atom is -0.383 e. The van der Waals surface area contributed by atoms with E-state index in [1.54, 1.807) is 20.1 Å². The van der Waals surface area contributed by atoms with Gasteiger partial charge in [0.25, 0.3) is 5.91 Å². The van der Waals surface area contributed by atoms with Crippen molar-refractivity contribution in [3.8, 4) is 0 Å². The number of methoxy groups -OCH3 is 1. The first kappa shape index (κ1) is 16.5. The number of amides is 1. The van der Waals surface area contributed by atoms with Gasteiger partial charge in [0, 0.05) is 19.2 Å². The lowest BCUT2D eigenvalue weighted by molar-refractivity contribution is 0.0996. The number of aromatic nitrogens is 1. The van der Waals surface area contributed by atoms with Crippen LogP contribution in [0.3, 0.4) is 0 Å². The van der Waals surface area contributed by atoms with Gasteiger partial charge in [-0.1, -0.05) is 29.5 Å². The van der Waals surface area contributed by atoms with Gasteiger partial charge in [-0.15, -0.1) is 0 Å². The maximum absolute atomic E-state index is 13.7. The molecule has 0 saturated heterocycles. The van der Waals surface area contributed by atoms with E-state index >= 15 is 0 Å². The van der Waals surface area contributed by atoms with Gasteiger partial charge in [-0.2, -0.15) is 4.99 Å². The number of rotatable bonds is 4. The highest BCUT2D eigenvalue weighted by Gasteiger charge is 2.12. The number of nitrogens with zero attached hydrogens (tertiary/aromatic N) is 2. The Morgan fingerprint density at radius 2 is 2.04 bits per heavy atom. The van der Waals surface area contributed by atoms with Gasteiger partial charge >= 0.3 is 0 Å². The number of thiazole rings is 1. The Kier molecular flexibility index (Phi) is 4.87. The summed E-state index contributed by atoms with van der Waals surface area (Å²) in [5.74, 6) is -0.843. The summed E-state index contributed by atoms with van der Waals surface area (Å²) in [5, 5.41) is 0. The van der Waals surface area contributed by atoms with Crippen LogP contribution in [0.15, 0.2) is 47.5 Å². The summed E-state index contributed by atoms with van der Waals surface area (Å²) in [7, 11) is 1.63. The van der Waals surface area contributed by atoms with Crippen LogP contribution >= 0.6 is 11.3 Å². The first-order valence-corrected chi connectivity index (χ1v) is 8.35. The van der Waals surface area contributed by atoms with E-state index in [9.17, 15) is 9.18 Å². The van der Waals surface area contributed by atoms with Crippen molar-refractivity contribution in [2.24, 2.45) is 4.99 Å². The lowest BCUT2D eigenvalue weighted by atomic mass is 10.1. The van der Waals surface area contributed by atoms with E-state index in [0.29, 0.717) is 23.5 Å². The van der Waals surface area contributed by atoms with Crippen LogP contribution in [0.1, 0.15) is 15.9 Å². The molecule has 0 aliphatic heterocycles. The van der Waals surface area contributed by atoms with Crippen LogP contribution < -0.4 is 4.80 Å². The molecule has 0 spiro atoms. The molecule has 0 atom stereocenters. The van der Waals surface area contributed by atoms with E-state index < -0.39 is 11.7 Å². The number of para-hydroxylation sites is 1. The SMILES string of the molecule is COCCn1c(=NC(=O)c2cccc(F)c2C)sc2ccccc21. The third-order valence-corrected chi connectivity index (χ3v) is 4.86. The maximum atomic E-state index is 13.7. The third-order valence-electron chi connectivity index (χ3n) is 3.80. The van der Waals surface area contributed by atoms with Crippen molar-refractivity contribution in [2.75, 3.05) is 13.7 Å². The summed E-state index contributed by atoms with van der Waals surface area (Å²) in [4.78, 5) is 17.3. The molecular weight excluding hydrogens is 327 g/mol. The fourth-order valence-electron chi connectivity index (χ4n) is 2.49. The second-order valence-electron chi connectivity index (χ2n) is 5.33. The predicted octanol–water partition coefficient (Wildman–Crippen LogP) is 3.54. The monoisotopic (exact) mass is 344 g/mol. The minimum atomic E-state index is -0.440. The molecule has 6 heteroatoms. The highest BCUT2D eigenvalue weighted by Crippen LogP contribution is 2.17. The Morgan fingerprint density at radius 3 is 2.83 bits per heavy atom. The Balaban J connectivity index is 2.12. The molecule has 1 amide bonds. The van der Waals surface area contributed by atoms with Crippen molar-refractivity contribution in [1.82, 2.24) is 4.57 Å². The molecule has 1 aromatic heterocycles. The Labute approximate surface area is 142 Å². The fourth-order valence-corrected chi connectivity index (χ4v) is 3.55. The molecule has 0 N–H and O–H groups in total. The number of hydrogen-bond donors (Lipinski definition) is 0. The third kappa shape index (κ3) is 3.16. The van der Waals surface area contributed by atoms with E-state index in [4.69, 9.17) is 4.74 Å². The van der Waals surface area contributed by atoms with Crippen molar-refractivity contribution in [3.63, 3.8) is 0 Å². The molecule has 0 saturated carbocycles. The van der Waals surface area contributed by atoms with Crippen molar-refractivity contribution < 1.29 is 13.9 Å². The van der Waals surface area contributed by atoms with E-state index in [1.807, 2.05) is 28.8 Å². The van der Waals surface area contributed by atoms with Crippen molar-refractivity contribution in [2.45, 2.75) is 13.5 Å². The number of fused-ring (bicyclic) bond motifs is 1. The molecule has 24 heavy (non-hydrogen) atoms. The molecule has 4 nitrogen and oxygen atoms in total. The van der Waals surface area contributed by atoms with Crippen LogP contribution in [0.5, 0.6) is 0 Å². The zero-order chi connectivity index (χ0) is 17.1. The highest BCUT2D eigenvalue weighted by molar-refractivity contribution is 7.16. The summed E-state index contributed by atoms with van der Waals surface area (Å²) < 4.78 is 21.8. The Morgan fingerprint density at radius 1 is 1.25 bits per heavy atom. The van der Waals surface area contributed by atoms with Crippen LogP contribution in [0, 0.1) is 12.7 Å². The molecule has 0 radical (unpaired) electrons. The quantitative estimate of drug-likeness (QED) is 0.727. The van der Waals surface area contributed by atoms with Crippen molar-refractivity contribution in [3.05, 3.63) is 64.2 Å². The standard InChI is InChI=1S/C18H17FN2O2S/c1-12-13(6-5-7-14(12)19)17(22)20-18-21(10-11-23-2)15-8-3-4-9-16(15)24-18/h3-9H,10-11H2,1-2H3. The summed E-state index contributed by atoms with van der Waals surface area (Å²) in [5.41, 5.74) is 1.60. The number of carbonyl (C=O) groups excluding carboxylic acids is 1. The average Bonchev–Trinajstić information content (AvgIpc) is 2.92. The summed E-state index contributed by atoms with van der Waals surface area (Å²) >= 11 is 1.43. The molecule has 2 aromatic carbocycles. The van der Waals surface area contributed by atoms with Gasteiger partial charge < -0.3 is 9.30 Å². The second-order valence-corrected chi connectivity index (χ2v) is 6.34. The van der Waals surface area contributed by atoms with E-state index in [-0.39, 0.29) is 5.56 Å². The van der Waals surface area contributed by atoms with Gasteiger partial charge in [-0.05, 0) is 36.8 Å². The topological polar surface area (TPSA) is 43.6 Å². The van der Waals surface area contributed by atoms with Crippen molar-refractivity contribution in [1.29, 1.82) is 0 Å². The predicted molar refractivity (Wildman–Crippen MR) is 92.7 cm³/mol. The molecule has 3 aromatic rings. The first-order valence-electron chi connectivity index (χ1n) is 7.53. The maximum Gasteiger partial charge on any atom is 0.280 e. The lowest BCUT2D eigenvalue weighted by Gasteiger charge is -2.04. The van der Waals surface area contributed by atoms with Gasteiger partial charge in [0.15, 0.2) is 4.80 Å². The summed E-state index contributed by atoms with van der Waals surface area (Å²) in [6.07, 6.45) is 0. The number of ether oxygens (including phenoxy) is 1. The summed E-state index contributed by atoms with van der Waals surface area (Å²) in [6.45, 7) is 2.69. The molecule has 0 bridgehead atoms. The molecule has 3 rings (SSSR count). The van der Waals surface area contributed by atoms with Crippen LogP contribution in [0.25, 0.3) is 10.2 Å². The zero-order valence-electron chi connectivity index (χ0n) is 13.5. The molecule has 1 heterocycles. The molecule has 0 unspecified atom stereocenters. The second kappa shape index (κ2) is 7.07. The van der Waals surface area contributed by atoms with Crippen LogP contribution in [0.2, 0.25) is 0 Å². The number of benzene rings is 2. The average molecular weight is 344 g/mol. The fraction of sp³-hybridized carbons (Fsp3) is 0.222. The van der Waals surface area contributed by atoms with Crippen molar-refractivity contribution >= 4 is 27.5 Å². The largest absolute Gasteiger partial charge is 0.383 e. The molecule has 124 valence electrons. The zero-order valence-corrected chi connectivity index (χ0v) is 14.3. The number of carbonyl (C=O) groups is 1. The Hall–Kier alpha value is -2.31. The van der Waals surface area contributed by atoms with E-state index in [2.05, 4.69) is 4.99 Å². The van der Waals surface area contributed by atoms with Crippen LogP contribution in [-0.2, 0) is 11.3 Å². The van der Waals surface area contributed by atoms with Gasteiger partial charge in [-0.3, -0.25) is 4.79 Å². The first-order chi connectivity index (χ1) is 11.6. The van der Waals surface area contributed by atoms with Gasteiger partial charge in [0.1, 0.15) is 5.82 Å². The minimum absolute atomic E-state index is 0.283. The molecule has 0 aliphatic rings. The number of hydrogen-bond acceptors (Lipinski definition) is 3. The van der Waals surface area contributed by atoms with Crippen LogP contribution in [0.4, 0.5) is 4.39 Å².